The molecule has 6 nitrogen and oxygen atoms in total. The molecule has 2 heterocycles. The zero-order chi connectivity index (χ0) is 28.5. The summed E-state index contributed by atoms with van der Waals surface area (Å²) < 4.78 is 41.0. The zero-order valence-electron chi connectivity index (χ0n) is 22.6. The Morgan fingerprint density at radius 1 is 1.10 bits per heavy atom. The molecule has 0 saturated carbocycles. The van der Waals surface area contributed by atoms with Crippen molar-refractivity contribution in [3.8, 4) is 11.1 Å². The number of aliphatic hydroxyl groups is 2. The van der Waals surface area contributed by atoms with Crippen LogP contribution in [0.5, 0.6) is 0 Å². The summed E-state index contributed by atoms with van der Waals surface area (Å²) in [5.74, 6) is -0.211. The normalized spacial score (nSPS) is 17.5. The van der Waals surface area contributed by atoms with Crippen LogP contribution in [0.2, 0.25) is 0 Å². The van der Waals surface area contributed by atoms with Crippen molar-refractivity contribution in [1.82, 2.24) is 4.98 Å². The van der Waals surface area contributed by atoms with Gasteiger partial charge in [-0.1, -0.05) is 24.3 Å². The smallest absolute Gasteiger partial charge is 0.236 e. The summed E-state index contributed by atoms with van der Waals surface area (Å²) in [4.78, 5) is 21.8. The van der Waals surface area contributed by atoms with E-state index in [2.05, 4.69) is 4.98 Å². The molecular formula is C30H34F3N3O3. The minimum atomic E-state index is -1.14. The molecule has 2 aromatic carbocycles. The maximum atomic E-state index is 14.0. The van der Waals surface area contributed by atoms with Gasteiger partial charge in [0.1, 0.15) is 25.0 Å². The summed E-state index contributed by atoms with van der Waals surface area (Å²) in [5.41, 5.74) is 2.35. The van der Waals surface area contributed by atoms with E-state index in [9.17, 15) is 28.2 Å². The van der Waals surface area contributed by atoms with Gasteiger partial charge in [-0.05, 0) is 73.2 Å². The highest BCUT2D eigenvalue weighted by atomic mass is 19.1. The van der Waals surface area contributed by atoms with E-state index >= 15 is 0 Å². The molecule has 0 spiro atoms. The number of benzene rings is 2. The van der Waals surface area contributed by atoms with Crippen LogP contribution in [0, 0.1) is 12.7 Å². The Morgan fingerprint density at radius 2 is 1.77 bits per heavy atom. The molecule has 4 rings (SSSR count). The average molecular weight is 542 g/mol. The van der Waals surface area contributed by atoms with Gasteiger partial charge in [0.25, 0.3) is 0 Å². The van der Waals surface area contributed by atoms with E-state index in [0.717, 1.165) is 0 Å². The van der Waals surface area contributed by atoms with Crippen LogP contribution >= 0.6 is 0 Å². The number of pyridine rings is 1. The SMILES string of the molecule is Cc1cc(F)ccc1-c1cc(N2C[C@H](O)C[C@H]2CO)ncc1N(C)C(=O)C(C)(C)c1cc(CF)cc(CF)c1. The Hall–Kier alpha value is -3.43. The van der Waals surface area contributed by atoms with Crippen LogP contribution in [0.25, 0.3) is 11.1 Å². The van der Waals surface area contributed by atoms with Gasteiger partial charge < -0.3 is 20.0 Å². The molecular weight excluding hydrogens is 507 g/mol. The third-order valence-electron chi connectivity index (χ3n) is 7.53. The number of nitrogens with zero attached hydrogens (tertiary/aromatic N) is 3. The first-order valence-electron chi connectivity index (χ1n) is 12.9. The number of likely N-dealkylation sites (N-methyl/N-ethyl adjacent to an activating group) is 1. The third-order valence-corrected chi connectivity index (χ3v) is 7.53. The highest BCUT2D eigenvalue weighted by molar-refractivity contribution is 6.03. The number of carbonyl (C=O) groups excluding carboxylic acids is 1. The van der Waals surface area contributed by atoms with Gasteiger partial charge in [-0.25, -0.2) is 18.2 Å². The molecule has 2 atom stereocenters. The molecule has 0 bridgehead atoms. The van der Waals surface area contributed by atoms with E-state index in [1.165, 1.54) is 23.1 Å². The largest absolute Gasteiger partial charge is 0.394 e. The predicted octanol–water partition coefficient (Wildman–Crippen LogP) is 5.01. The summed E-state index contributed by atoms with van der Waals surface area (Å²) in [5, 5.41) is 20.0. The molecule has 2 N–H and O–H groups in total. The lowest BCUT2D eigenvalue weighted by atomic mass is 9.81. The Bertz CT molecular complexity index is 1340. The van der Waals surface area contributed by atoms with Crippen molar-refractivity contribution in [2.24, 2.45) is 0 Å². The molecule has 1 amide bonds. The number of amides is 1. The molecule has 1 aliphatic heterocycles. The van der Waals surface area contributed by atoms with E-state index in [1.54, 1.807) is 58.3 Å². The summed E-state index contributed by atoms with van der Waals surface area (Å²) in [7, 11) is 1.61. The molecule has 3 aromatic rings. The molecule has 9 heteroatoms. The first-order valence-corrected chi connectivity index (χ1v) is 12.9. The molecule has 208 valence electrons. The van der Waals surface area contributed by atoms with Crippen molar-refractivity contribution >= 4 is 17.4 Å². The second-order valence-corrected chi connectivity index (χ2v) is 10.7. The second kappa shape index (κ2) is 11.4. The Morgan fingerprint density at radius 3 is 2.36 bits per heavy atom. The maximum absolute atomic E-state index is 14.0. The Kier molecular flexibility index (Phi) is 8.32. The average Bonchev–Trinajstić information content (AvgIpc) is 3.32. The topological polar surface area (TPSA) is 76.9 Å². The molecule has 1 aliphatic rings. The van der Waals surface area contributed by atoms with Crippen LogP contribution in [0.3, 0.4) is 0 Å². The summed E-state index contributed by atoms with van der Waals surface area (Å²) in [6.45, 7) is 3.76. The van der Waals surface area contributed by atoms with Crippen molar-refractivity contribution in [3.63, 3.8) is 0 Å². The number of aryl methyl sites for hydroxylation is 1. The van der Waals surface area contributed by atoms with Gasteiger partial charge in [0, 0.05) is 19.2 Å². The molecule has 1 aromatic heterocycles. The molecule has 0 unspecified atom stereocenters. The lowest BCUT2D eigenvalue weighted by Crippen LogP contribution is -2.42. The van der Waals surface area contributed by atoms with E-state index in [-0.39, 0.29) is 18.6 Å². The van der Waals surface area contributed by atoms with Crippen molar-refractivity contribution < 1.29 is 28.2 Å². The first-order chi connectivity index (χ1) is 18.5. The van der Waals surface area contributed by atoms with E-state index in [0.29, 0.717) is 57.9 Å². The molecule has 0 radical (unpaired) electrons. The van der Waals surface area contributed by atoms with E-state index in [4.69, 9.17) is 0 Å². The number of rotatable bonds is 8. The number of hydrogen-bond acceptors (Lipinski definition) is 5. The number of alkyl halides is 2. The van der Waals surface area contributed by atoms with Crippen molar-refractivity contribution in [2.75, 3.05) is 30.0 Å². The highest BCUT2D eigenvalue weighted by Crippen LogP contribution is 2.38. The van der Waals surface area contributed by atoms with Gasteiger partial charge in [0.05, 0.1) is 36.1 Å². The maximum Gasteiger partial charge on any atom is 0.236 e. The van der Waals surface area contributed by atoms with Crippen LogP contribution in [0.15, 0.2) is 48.7 Å². The number of β-amino-alcohol motifs (C(OH)–C–C–N with tert-alkyl or cyclic N) is 1. The zero-order valence-corrected chi connectivity index (χ0v) is 22.6. The van der Waals surface area contributed by atoms with Crippen molar-refractivity contribution in [1.29, 1.82) is 0 Å². The predicted molar refractivity (Wildman–Crippen MR) is 146 cm³/mol. The molecule has 1 fully saturated rings. The van der Waals surface area contributed by atoms with Crippen LogP contribution in [-0.2, 0) is 23.6 Å². The fourth-order valence-electron chi connectivity index (χ4n) is 5.28. The van der Waals surface area contributed by atoms with Gasteiger partial charge in [0.2, 0.25) is 5.91 Å². The van der Waals surface area contributed by atoms with E-state index in [1.807, 2.05) is 4.90 Å². The highest BCUT2D eigenvalue weighted by Gasteiger charge is 2.36. The molecule has 1 saturated heterocycles. The summed E-state index contributed by atoms with van der Waals surface area (Å²) in [6.07, 6.45) is 1.33. The first kappa shape index (κ1) is 28.6. The third kappa shape index (κ3) is 5.65. The van der Waals surface area contributed by atoms with Gasteiger partial charge in [-0.15, -0.1) is 0 Å². The van der Waals surface area contributed by atoms with Gasteiger partial charge in [0.15, 0.2) is 0 Å². The van der Waals surface area contributed by atoms with E-state index < -0.39 is 30.7 Å². The number of aromatic nitrogens is 1. The van der Waals surface area contributed by atoms with Gasteiger partial charge in [-0.2, -0.15) is 0 Å². The van der Waals surface area contributed by atoms with Crippen LogP contribution < -0.4 is 9.80 Å². The fourth-order valence-corrected chi connectivity index (χ4v) is 5.28. The Labute approximate surface area is 226 Å². The summed E-state index contributed by atoms with van der Waals surface area (Å²) >= 11 is 0. The number of carbonyl (C=O) groups is 1. The van der Waals surface area contributed by atoms with Crippen LogP contribution in [0.4, 0.5) is 24.7 Å². The van der Waals surface area contributed by atoms with Crippen LogP contribution in [-0.4, -0.2) is 53.4 Å². The minimum absolute atomic E-state index is 0.156. The lowest BCUT2D eigenvalue weighted by Gasteiger charge is -2.32. The number of anilines is 2. The van der Waals surface area contributed by atoms with Crippen LogP contribution in [0.1, 0.15) is 42.5 Å². The number of aliphatic hydroxyl groups excluding tert-OH is 2. The molecule has 39 heavy (non-hydrogen) atoms. The van der Waals surface area contributed by atoms with Crippen molar-refractivity contribution in [3.05, 3.63) is 76.7 Å². The Balaban J connectivity index is 1.81. The van der Waals surface area contributed by atoms with Gasteiger partial charge >= 0.3 is 0 Å². The monoisotopic (exact) mass is 541 g/mol. The molecule has 0 aliphatic carbocycles. The van der Waals surface area contributed by atoms with Gasteiger partial charge in [-0.3, -0.25) is 4.79 Å². The summed E-state index contributed by atoms with van der Waals surface area (Å²) in [6, 6.07) is 10.4. The fraction of sp³-hybridized carbons (Fsp3) is 0.400. The standard InChI is InChI=1S/C30H34F3N3O3/c1-18-7-22(33)5-6-25(18)26-12-28(36-16-24(38)11-23(36)17-37)34-15-27(26)35(4)29(39)30(2,3)21-9-19(13-31)8-20(10-21)14-32/h5-10,12,15,23-24,37-38H,11,13-14,16-17H2,1-4H3/t23-,24+/m0/s1. The quantitative estimate of drug-likeness (QED) is 0.420. The number of hydrogen-bond donors (Lipinski definition) is 2. The second-order valence-electron chi connectivity index (χ2n) is 10.7. The van der Waals surface area contributed by atoms with Crippen molar-refractivity contribution in [2.45, 2.75) is 58.1 Å². The minimum Gasteiger partial charge on any atom is -0.394 e. The lowest BCUT2D eigenvalue weighted by molar-refractivity contribution is -0.122. The number of halogens is 3.